The zero-order valence-electron chi connectivity index (χ0n) is 13.5. The smallest absolute Gasteiger partial charge is 0.143 e. The molecule has 1 aromatic carbocycles. The first kappa shape index (κ1) is 15.3. The van der Waals surface area contributed by atoms with Crippen LogP contribution in [0, 0.1) is 6.92 Å². The lowest BCUT2D eigenvalue weighted by atomic mass is 10.2. The van der Waals surface area contributed by atoms with Crippen molar-refractivity contribution in [3.05, 3.63) is 35.8 Å². The second-order valence-electron chi connectivity index (χ2n) is 5.85. The van der Waals surface area contributed by atoms with Crippen LogP contribution >= 0.6 is 0 Å². The van der Waals surface area contributed by atoms with Gasteiger partial charge in [-0.1, -0.05) is 18.2 Å². The summed E-state index contributed by atoms with van der Waals surface area (Å²) in [5.74, 6) is 0.932. The van der Waals surface area contributed by atoms with E-state index in [1.54, 1.807) is 7.11 Å². The molecule has 22 heavy (non-hydrogen) atoms. The molecular formula is C17H24N4O. The molecule has 0 unspecified atom stereocenters. The molecule has 1 aliphatic heterocycles. The maximum atomic E-state index is 5.15. The van der Waals surface area contributed by atoms with E-state index in [1.807, 2.05) is 12.1 Å². The molecule has 0 aliphatic carbocycles. The van der Waals surface area contributed by atoms with Crippen molar-refractivity contribution >= 4 is 10.9 Å². The van der Waals surface area contributed by atoms with Crippen LogP contribution < -0.4 is 0 Å². The topological polar surface area (TPSA) is 41.5 Å². The highest BCUT2D eigenvalue weighted by Crippen LogP contribution is 2.15. The third-order valence-corrected chi connectivity index (χ3v) is 4.28. The predicted octanol–water partition coefficient (Wildman–Crippen LogP) is 1.70. The zero-order valence-corrected chi connectivity index (χ0v) is 13.5. The molecule has 5 heteroatoms. The highest BCUT2D eigenvalue weighted by atomic mass is 16.5. The number of hydrogen-bond acceptors (Lipinski definition) is 5. The van der Waals surface area contributed by atoms with E-state index < -0.39 is 0 Å². The van der Waals surface area contributed by atoms with Gasteiger partial charge in [0.05, 0.1) is 18.7 Å². The molecule has 0 amide bonds. The van der Waals surface area contributed by atoms with Gasteiger partial charge in [-0.25, -0.2) is 9.97 Å². The summed E-state index contributed by atoms with van der Waals surface area (Å²) < 4.78 is 5.15. The van der Waals surface area contributed by atoms with Crippen LogP contribution in [0.5, 0.6) is 0 Å². The van der Waals surface area contributed by atoms with E-state index in [-0.39, 0.29) is 0 Å². The molecule has 1 saturated heterocycles. The van der Waals surface area contributed by atoms with E-state index in [0.29, 0.717) is 0 Å². The van der Waals surface area contributed by atoms with Gasteiger partial charge in [-0.05, 0) is 13.0 Å². The number of aryl methyl sites for hydroxylation is 1. The van der Waals surface area contributed by atoms with Crippen molar-refractivity contribution in [2.45, 2.75) is 13.5 Å². The van der Waals surface area contributed by atoms with Gasteiger partial charge in [0.15, 0.2) is 0 Å². The Balaban J connectivity index is 1.62. The van der Waals surface area contributed by atoms with Crippen LogP contribution in [-0.4, -0.2) is 66.2 Å². The minimum Gasteiger partial charge on any atom is -0.383 e. The van der Waals surface area contributed by atoms with Gasteiger partial charge in [-0.15, -0.1) is 0 Å². The summed E-state index contributed by atoms with van der Waals surface area (Å²) in [7, 11) is 1.76. The minimum atomic E-state index is 0.812. The van der Waals surface area contributed by atoms with Gasteiger partial charge >= 0.3 is 0 Å². The van der Waals surface area contributed by atoms with Crippen LogP contribution in [0.4, 0.5) is 0 Å². The molecule has 0 spiro atoms. The molecular weight excluding hydrogens is 276 g/mol. The summed E-state index contributed by atoms with van der Waals surface area (Å²) in [5, 5.41) is 1.15. The van der Waals surface area contributed by atoms with Gasteiger partial charge in [0.25, 0.3) is 0 Å². The first-order valence-corrected chi connectivity index (χ1v) is 7.92. The number of aromatic nitrogens is 2. The predicted molar refractivity (Wildman–Crippen MR) is 87.9 cm³/mol. The van der Waals surface area contributed by atoms with Crippen LogP contribution in [0.3, 0.4) is 0 Å². The Morgan fingerprint density at radius 2 is 1.77 bits per heavy atom. The Hall–Kier alpha value is -1.56. The minimum absolute atomic E-state index is 0.812. The molecule has 1 fully saturated rings. The van der Waals surface area contributed by atoms with Crippen molar-refractivity contribution in [2.75, 3.05) is 46.4 Å². The summed E-state index contributed by atoms with van der Waals surface area (Å²) in [6.45, 7) is 9.06. The number of rotatable bonds is 5. The van der Waals surface area contributed by atoms with Crippen molar-refractivity contribution in [3.63, 3.8) is 0 Å². The standard InChI is InChI=1S/C17H24N4O/c1-14-15-5-3-4-6-16(15)19-17(18-14)13-21-9-7-20(8-10-21)11-12-22-2/h3-6H,7-13H2,1-2H3. The molecule has 0 saturated carbocycles. The Bertz CT molecular complexity index is 623. The van der Waals surface area contributed by atoms with Gasteiger partial charge in [0.2, 0.25) is 0 Å². The Morgan fingerprint density at radius 3 is 2.55 bits per heavy atom. The van der Waals surface area contributed by atoms with Crippen molar-refractivity contribution in [3.8, 4) is 0 Å². The summed E-state index contributed by atoms with van der Waals surface area (Å²) in [4.78, 5) is 14.3. The quantitative estimate of drug-likeness (QED) is 0.841. The second kappa shape index (κ2) is 7.13. The Kier molecular flexibility index (Phi) is 4.97. The average Bonchev–Trinajstić information content (AvgIpc) is 2.54. The number of ether oxygens (including phenoxy) is 1. The highest BCUT2D eigenvalue weighted by molar-refractivity contribution is 5.80. The van der Waals surface area contributed by atoms with Crippen LogP contribution in [0.2, 0.25) is 0 Å². The summed E-state index contributed by atoms with van der Waals surface area (Å²) >= 11 is 0. The average molecular weight is 300 g/mol. The van der Waals surface area contributed by atoms with Crippen LogP contribution in [-0.2, 0) is 11.3 Å². The number of hydrogen-bond donors (Lipinski definition) is 0. The van der Waals surface area contributed by atoms with Gasteiger partial charge < -0.3 is 4.74 Å². The van der Waals surface area contributed by atoms with Crippen LogP contribution in [0.15, 0.2) is 24.3 Å². The van der Waals surface area contributed by atoms with Gasteiger partial charge in [0, 0.05) is 50.9 Å². The number of benzene rings is 1. The molecule has 0 radical (unpaired) electrons. The van der Waals surface area contributed by atoms with Crippen molar-refractivity contribution in [1.82, 2.24) is 19.8 Å². The lowest BCUT2D eigenvalue weighted by molar-refractivity contribution is 0.0926. The van der Waals surface area contributed by atoms with E-state index in [0.717, 1.165) is 68.3 Å². The van der Waals surface area contributed by atoms with E-state index in [2.05, 4.69) is 33.8 Å². The van der Waals surface area contributed by atoms with Crippen molar-refractivity contribution in [2.24, 2.45) is 0 Å². The van der Waals surface area contributed by atoms with Gasteiger partial charge in [-0.3, -0.25) is 9.80 Å². The normalized spacial score (nSPS) is 17.2. The van der Waals surface area contributed by atoms with E-state index >= 15 is 0 Å². The molecule has 3 rings (SSSR count). The van der Waals surface area contributed by atoms with Crippen molar-refractivity contribution < 1.29 is 4.74 Å². The third kappa shape index (κ3) is 3.61. The number of methoxy groups -OCH3 is 1. The summed E-state index contributed by atoms with van der Waals surface area (Å²) in [6.07, 6.45) is 0. The fourth-order valence-electron chi connectivity index (χ4n) is 2.96. The summed E-state index contributed by atoms with van der Waals surface area (Å²) in [5.41, 5.74) is 2.11. The highest BCUT2D eigenvalue weighted by Gasteiger charge is 2.17. The fourth-order valence-corrected chi connectivity index (χ4v) is 2.96. The maximum absolute atomic E-state index is 5.15. The molecule has 2 heterocycles. The van der Waals surface area contributed by atoms with E-state index in [1.165, 1.54) is 0 Å². The Labute approximate surface area is 131 Å². The number of para-hydroxylation sites is 1. The second-order valence-corrected chi connectivity index (χ2v) is 5.85. The number of piperazine rings is 1. The van der Waals surface area contributed by atoms with Crippen LogP contribution in [0.1, 0.15) is 11.5 Å². The molecule has 5 nitrogen and oxygen atoms in total. The molecule has 0 N–H and O–H groups in total. The maximum Gasteiger partial charge on any atom is 0.143 e. The van der Waals surface area contributed by atoms with Crippen molar-refractivity contribution in [1.29, 1.82) is 0 Å². The lowest BCUT2D eigenvalue weighted by Gasteiger charge is -2.34. The monoisotopic (exact) mass is 300 g/mol. The lowest BCUT2D eigenvalue weighted by Crippen LogP contribution is -2.46. The number of fused-ring (bicyclic) bond motifs is 1. The molecule has 0 atom stereocenters. The SMILES string of the molecule is COCCN1CCN(Cc2nc(C)c3ccccc3n2)CC1. The van der Waals surface area contributed by atoms with Crippen LogP contribution in [0.25, 0.3) is 10.9 Å². The van der Waals surface area contributed by atoms with Gasteiger partial charge in [-0.2, -0.15) is 0 Å². The van der Waals surface area contributed by atoms with Gasteiger partial charge in [0.1, 0.15) is 5.82 Å². The van der Waals surface area contributed by atoms with E-state index in [4.69, 9.17) is 9.72 Å². The van der Waals surface area contributed by atoms with E-state index in [9.17, 15) is 0 Å². The molecule has 118 valence electrons. The number of nitrogens with zero attached hydrogens (tertiary/aromatic N) is 4. The molecule has 1 aromatic heterocycles. The molecule has 0 bridgehead atoms. The first-order valence-electron chi connectivity index (χ1n) is 7.92. The molecule has 2 aromatic rings. The largest absolute Gasteiger partial charge is 0.383 e. The summed E-state index contributed by atoms with van der Waals surface area (Å²) in [6, 6.07) is 8.23. The fraction of sp³-hybridized carbons (Fsp3) is 0.529. The Morgan fingerprint density at radius 1 is 1.05 bits per heavy atom. The zero-order chi connectivity index (χ0) is 15.4. The first-order chi connectivity index (χ1) is 10.8. The third-order valence-electron chi connectivity index (χ3n) is 4.28. The molecule has 1 aliphatic rings.